The number of benzene rings is 2. The normalized spacial score (nSPS) is 21.1. The van der Waals surface area contributed by atoms with Crippen LogP contribution in [0.15, 0.2) is 42.4 Å². The Kier molecular flexibility index (Phi) is 4.24. The lowest BCUT2D eigenvalue weighted by atomic mass is 10.0. The lowest BCUT2D eigenvalue weighted by Crippen LogP contribution is -2.52. The van der Waals surface area contributed by atoms with Crippen LogP contribution >= 0.6 is 11.6 Å². The third-order valence-corrected chi connectivity index (χ3v) is 5.34. The third-order valence-electron chi connectivity index (χ3n) is 5.09. The van der Waals surface area contributed by atoms with Crippen LogP contribution in [0, 0.1) is 0 Å². The van der Waals surface area contributed by atoms with E-state index in [0.717, 1.165) is 35.2 Å². The molecule has 0 aromatic heterocycles. The van der Waals surface area contributed by atoms with Crippen molar-refractivity contribution in [2.24, 2.45) is 0 Å². The van der Waals surface area contributed by atoms with Crippen molar-refractivity contribution in [2.75, 3.05) is 0 Å². The molecule has 2 aliphatic rings. The number of carbonyl (C=O) groups is 4. The van der Waals surface area contributed by atoms with E-state index in [1.54, 1.807) is 0 Å². The molecule has 1 unspecified atom stereocenters. The topological polar surface area (TPSA) is 95.6 Å². The molecule has 10 heteroatoms. The summed E-state index contributed by atoms with van der Waals surface area (Å²) in [6.07, 6.45) is -0.0307. The first-order chi connectivity index (χ1) is 17.2. The van der Waals surface area contributed by atoms with Gasteiger partial charge < -0.3 is 10.2 Å². The van der Waals surface area contributed by atoms with Gasteiger partial charge in [-0.05, 0) is 35.7 Å². The van der Waals surface area contributed by atoms with Gasteiger partial charge in [-0.2, -0.15) is 8.78 Å². The number of alkyl halides is 2. The van der Waals surface area contributed by atoms with Crippen LogP contribution in [0.5, 0.6) is 0 Å². The van der Waals surface area contributed by atoms with Gasteiger partial charge in [0.1, 0.15) is 6.04 Å². The maximum Gasteiger partial charge on any atom is 0.349 e. The van der Waals surface area contributed by atoms with Crippen molar-refractivity contribution in [3.63, 3.8) is 0 Å². The fourth-order valence-electron chi connectivity index (χ4n) is 3.44. The standard InChI is InChI=1S/C22H18ClF2N3O4/c23-15-4-2-14(3-5-15)22(24,25)21(32)26-10-12-1-6-16-13(9-12)11-28(20(16)31)17-7-8-18(29)27-19(17)30/h1-6,9,17H,7-8,10-11H2,(H,26,32)(H,27,29,30)/i6D,9D,10D2/hD. The Morgan fingerprint density at radius 2 is 2.03 bits per heavy atom. The van der Waals surface area contributed by atoms with Crippen LogP contribution in [0.4, 0.5) is 8.78 Å². The summed E-state index contributed by atoms with van der Waals surface area (Å²) in [4.78, 5) is 50.3. The molecule has 1 fully saturated rings. The number of fused-ring (bicyclic) bond motifs is 1. The van der Waals surface area contributed by atoms with Crippen molar-refractivity contribution in [3.8, 4) is 0 Å². The van der Waals surface area contributed by atoms with Crippen LogP contribution in [0.25, 0.3) is 0 Å². The molecule has 7 nitrogen and oxygen atoms in total. The molecule has 1 atom stereocenters. The second kappa shape index (κ2) is 8.31. The zero-order chi connectivity index (χ0) is 27.4. The van der Waals surface area contributed by atoms with Crippen molar-refractivity contribution in [1.82, 2.24) is 15.5 Å². The van der Waals surface area contributed by atoms with Crippen molar-refractivity contribution < 1.29 is 34.9 Å². The zero-order valence-corrected chi connectivity index (χ0v) is 17.0. The van der Waals surface area contributed by atoms with E-state index >= 15 is 0 Å². The minimum Gasteiger partial charge on any atom is -0.346 e. The van der Waals surface area contributed by atoms with Gasteiger partial charge >= 0.3 is 5.92 Å². The molecule has 32 heavy (non-hydrogen) atoms. The maximum absolute atomic E-state index is 14.8. The quantitative estimate of drug-likeness (QED) is 0.662. The van der Waals surface area contributed by atoms with Gasteiger partial charge in [0.15, 0.2) is 1.41 Å². The maximum atomic E-state index is 14.8. The van der Waals surface area contributed by atoms with E-state index in [1.807, 2.05) is 0 Å². The molecule has 0 bridgehead atoms. The van der Waals surface area contributed by atoms with Gasteiger partial charge in [0.25, 0.3) is 11.8 Å². The highest BCUT2D eigenvalue weighted by molar-refractivity contribution is 6.30. The Balaban J connectivity index is 1.68. The van der Waals surface area contributed by atoms with Crippen LogP contribution in [-0.2, 0) is 33.3 Å². The van der Waals surface area contributed by atoms with E-state index in [9.17, 15) is 28.0 Å². The molecule has 2 aromatic carbocycles. The third kappa shape index (κ3) is 4.08. The van der Waals surface area contributed by atoms with Gasteiger partial charge in [0, 0.05) is 35.6 Å². The highest BCUT2D eigenvalue weighted by Gasteiger charge is 2.41. The van der Waals surface area contributed by atoms with E-state index in [4.69, 9.17) is 18.5 Å². The molecule has 4 rings (SSSR count). The summed E-state index contributed by atoms with van der Waals surface area (Å²) in [5, 5.41) is 1.62. The van der Waals surface area contributed by atoms with Crippen molar-refractivity contribution >= 4 is 35.2 Å². The fourth-order valence-corrected chi connectivity index (χ4v) is 3.57. The van der Waals surface area contributed by atoms with Crippen LogP contribution < -0.4 is 10.6 Å². The lowest BCUT2D eigenvalue weighted by molar-refractivity contribution is -0.147. The molecule has 4 amide bonds. The second-order valence-electron chi connectivity index (χ2n) is 7.19. The summed E-state index contributed by atoms with van der Waals surface area (Å²) in [7, 11) is 0. The number of halogens is 3. The molecule has 0 spiro atoms. The highest BCUT2D eigenvalue weighted by Crippen LogP contribution is 2.30. The molecule has 2 aliphatic heterocycles. The molecule has 1 saturated heterocycles. The first kappa shape index (κ1) is 16.3. The second-order valence-corrected chi connectivity index (χ2v) is 7.63. The smallest absolute Gasteiger partial charge is 0.346 e. The minimum atomic E-state index is -4.32. The first-order valence-corrected chi connectivity index (χ1v) is 9.81. The number of rotatable bonds is 5. The van der Waals surface area contributed by atoms with Crippen LogP contribution in [0.1, 0.15) is 45.4 Å². The lowest BCUT2D eigenvalue weighted by Gasteiger charge is -2.29. The number of piperidine rings is 1. The van der Waals surface area contributed by atoms with E-state index in [1.165, 1.54) is 0 Å². The number of imide groups is 1. The Bertz CT molecular complexity index is 1340. The van der Waals surface area contributed by atoms with E-state index in [-0.39, 0.29) is 35.5 Å². The predicted octanol–water partition coefficient (Wildman–Crippen LogP) is 2.51. The Hall–Kier alpha value is -3.33. The predicted molar refractivity (Wildman–Crippen MR) is 110 cm³/mol. The average molecular weight is 467 g/mol. The Morgan fingerprint density at radius 1 is 1.31 bits per heavy atom. The van der Waals surface area contributed by atoms with Crippen LogP contribution in [0.2, 0.25) is 6.43 Å². The molecular weight excluding hydrogens is 444 g/mol. The largest absolute Gasteiger partial charge is 0.349 e. The van der Waals surface area contributed by atoms with Crippen LogP contribution in [-0.4, -0.2) is 34.6 Å². The van der Waals surface area contributed by atoms with Gasteiger partial charge in [0.2, 0.25) is 11.8 Å². The molecule has 0 saturated carbocycles. The number of nitrogens with one attached hydrogen (secondary N) is 2. The minimum absolute atomic E-state index is 0.00747. The summed E-state index contributed by atoms with van der Waals surface area (Å²) in [5.41, 5.74) is -2.04. The Labute approximate surface area is 193 Å². The number of hydrogen-bond donors (Lipinski definition) is 2. The van der Waals surface area contributed by atoms with Gasteiger partial charge in [-0.25, -0.2) is 0 Å². The number of carbonyl (C=O) groups excluding carboxylic acids is 4. The summed E-state index contributed by atoms with van der Waals surface area (Å²) < 4.78 is 70.8. The van der Waals surface area contributed by atoms with Crippen molar-refractivity contribution in [1.29, 1.82) is 0 Å². The highest BCUT2D eigenvalue weighted by atomic mass is 35.5. The molecule has 2 heterocycles. The van der Waals surface area contributed by atoms with Gasteiger partial charge in [0.05, 0.1) is 5.48 Å². The van der Waals surface area contributed by atoms with Crippen molar-refractivity contribution in [3.05, 3.63) is 69.7 Å². The number of nitrogens with zero attached hydrogens (tertiary/aromatic N) is 1. The monoisotopic (exact) mass is 466 g/mol. The van der Waals surface area contributed by atoms with E-state index in [2.05, 4.69) is 5.32 Å². The van der Waals surface area contributed by atoms with Gasteiger partial charge in [-0.3, -0.25) is 24.5 Å². The summed E-state index contributed by atoms with van der Waals surface area (Å²) in [6.45, 7) is -3.69. The first-order valence-electron chi connectivity index (χ1n) is 11.9. The molecule has 0 aliphatic carbocycles. The average Bonchev–Trinajstić information content (AvgIpc) is 3.18. The summed E-state index contributed by atoms with van der Waals surface area (Å²) in [6, 6.07) is 2.31. The molecular formula is C22H18ClF2N3O4. The molecule has 0 radical (unpaired) electrons. The molecule has 2 N–H and O–H groups in total. The Morgan fingerprint density at radius 3 is 2.72 bits per heavy atom. The molecule has 2 aromatic rings. The van der Waals surface area contributed by atoms with E-state index in [0.29, 0.717) is 0 Å². The van der Waals surface area contributed by atoms with Crippen LogP contribution in [0.3, 0.4) is 0 Å². The SMILES string of the molecule is [2H]c1cc(C([2H])([2H])N([2H])C(=O)C(F)(F)c2ccc(Cl)cc2)c([2H])c2c1C(=O)N(C1CCC(=O)NC1=O)C2. The number of amides is 4. The van der Waals surface area contributed by atoms with Gasteiger partial charge in [-0.15, -0.1) is 0 Å². The number of hydrogen-bond acceptors (Lipinski definition) is 4. The zero-order valence-electron chi connectivity index (χ0n) is 21.2. The fraction of sp³-hybridized carbons (Fsp3) is 0.273. The van der Waals surface area contributed by atoms with E-state index < -0.39 is 70.6 Å². The van der Waals surface area contributed by atoms with Gasteiger partial charge in [-0.1, -0.05) is 35.8 Å². The molecule has 166 valence electrons. The van der Waals surface area contributed by atoms with Crippen molar-refractivity contribution in [2.45, 2.75) is 37.8 Å². The summed E-state index contributed by atoms with van der Waals surface area (Å²) >= 11 is 5.68. The summed E-state index contributed by atoms with van der Waals surface area (Å²) in [5.74, 6) is -8.59.